The lowest BCUT2D eigenvalue weighted by Crippen LogP contribution is -2.06. The van der Waals surface area contributed by atoms with Gasteiger partial charge in [-0.1, -0.05) is 30.3 Å². The first-order valence-electron chi connectivity index (χ1n) is 6.07. The predicted octanol–water partition coefficient (Wildman–Crippen LogP) is 3.20. The van der Waals surface area contributed by atoms with Crippen LogP contribution in [0.25, 0.3) is 4.85 Å². The minimum Gasteiger partial charge on any atom is -0.465 e. The minimum atomic E-state index is -0.364. The fourth-order valence-electron chi connectivity index (χ4n) is 2.00. The summed E-state index contributed by atoms with van der Waals surface area (Å²) in [5.41, 5.74) is 9.27. The first-order valence-corrected chi connectivity index (χ1v) is 6.07. The fourth-order valence-corrected chi connectivity index (χ4v) is 2.00. The van der Waals surface area contributed by atoms with Gasteiger partial charge < -0.3 is 10.5 Å². The lowest BCUT2D eigenvalue weighted by Gasteiger charge is -2.10. The number of methoxy groups -OCH3 is 1. The van der Waals surface area contributed by atoms with Crippen molar-refractivity contribution in [1.82, 2.24) is 0 Å². The number of benzene rings is 2. The molecule has 100 valence electrons. The van der Waals surface area contributed by atoms with Crippen molar-refractivity contribution >= 4 is 17.3 Å². The number of esters is 1. The van der Waals surface area contributed by atoms with Crippen molar-refractivity contribution in [3.8, 4) is 0 Å². The number of hydrogen-bond acceptors (Lipinski definition) is 3. The molecule has 0 aromatic heterocycles. The van der Waals surface area contributed by atoms with Gasteiger partial charge in [0.25, 0.3) is 0 Å². The molecule has 0 heterocycles. The zero-order valence-electron chi connectivity index (χ0n) is 11.1. The van der Waals surface area contributed by atoms with Crippen LogP contribution in [-0.4, -0.2) is 13.1 Å². The Morgan fingerprint density at radius 1 is 1.25 bits per heavy atom. The van der Waals surface area contributed by atoms with Crippen molar-refractivity contribution in [2.24, 2.45) is 0 Å². The van der Waals surface area contributed by atoms with Gasteiger partial charge in [0, 0.05) is 12.1 Å². The highest BCUT2D eigenvalue weighted by molar-refractivity contribution is 5.91. The average Bonchev–Trinajstić information content (AvgIpc) is 2.49. The number of nitrogen functional groups attached to an aromatic ring is 1. The molecule has 2 aromatic rings. The van der Waals surface area contributed by atoms with Crippen LogP contribution in [0.1, 0.15) is 21.5 Å². The molecule has 0 aliphatic rings. The lowest BCUT2D eigenvalue weighted by molar-refractivity contribution is 0.0599. The van der Waals surface area contributed by atoms with Crippen molar-refractivity contribution < 1.29 is 9.53 Å². The van der Waals surface area contributed by atoms with Gasteiger partial charge in [-0.2, -0.15) is 0 Å². The molecule has 0 saturated carbocycles. The predicted molar refractivity (Wildman–Crippen MR) is 77.7 cm³/mol. The molecule has 2 aromatic carbocycles. The zero-order chi connectivity index (χ0) is 14.5. The van der Waals surface area contributed by atoms with Crippen molar-refractivity contribution in [3.63, 3.8) is 0 Å². The molecule has 20 heavy (non-hydrogen) atoms. The van der Waals surface area contributed by atoms with E-state index in [4.69, 9.17) is 17.0 Å². The van der Waals surface area contributed by atoms with Crippen LogP contribution >= 0.6 is 0 Å². The minimum absolute atomic E-state index is 0.364. The molecule has 2 rings (SSSR count). The van der Waals surface area contributed by atoms with E-state index in [1.54, 1.807) is 24.3 Å². The smallest absolute Gasteiger partial charge is 0.338 e. The van der Waals surface area contributed by atoms with Crippen LogP contribution < -0.4 is 5.73 Å². The van der Waals surface area contributed by atoms with Gasteiger partial charge in [-0.25, -0.2) is 9.64 Å². The second kappa shape index (κ2) is 5.89. The van der Waals surface area contributed by atoms with E-state index in [9.17, 15) is 4.79 Å². The molecule has 0 atom stereocenters. The Hall–Kier alpha value is -2.80. The summed E-state index contributed by atoms with van der Waals surface area (Å²) in [5, 5.41) is 0. The van der Waals surface area contributed by atoms with Crippen LogP contribution in [0, 0.1) is 6.57 Å². The Balaban J connectivity index is 2.36. The van der Waals surface area contributed by atoms with Crippen molar-refractivity contribution in [1.29, 1.82) is 0 Å². The van der Waals surface area contributed by atoms with Crippen LogP contribution in [0.15, 0.2) is 42.5 Å². The molecular weight excluding hydrogens is 252 g/mol. The maximum atomic E-state index is 11.7. The Bertz CT molecular complexity index is 687. The fraction of sp³-hybridized carbons (Fsp3) is 0.125. The Labute approximate surface area is 117 Å². The van der Waals surface area contributed by atoms with E-state index in [0.29, 0.717) is 23.4 Å². The number of rotatable bonds is 3. The molecule has 0 radical (unpaired) electrons. The summed E-state index contributed by atoms with van der Waals surface area (Å²) in [7, 11) is 1.36. The summed E-state index contributed by atoms with van der Waals surface area (Å²) >= 11 is 0. The number of nitrogens with two attached hydrogens (primary N) is 1. The number of hydrogen-bond donors (Lipinski definition) is 1. The topological polar surface area (TPSA) is 56.7 Å². The quantitative estimate of drug-likeness (QED) is 0.527. The SMILES string of the molecule is [C-]#[N+]c1ccc(Cc2ccccc2C(=O)OC)c(N)c1. The van der Waals surface area contributed by atoms with E-state index < -0.39 is 0 Å². The largest absolute Gasteiger partial charge is 0.465 e. The number of carbonyl (C=O) groups excluding carboxylic acids is 1. The molecule has 0 aliphatic carbocycles. The molecule has 4 heteroatoms. The Kier molecular flexibility index (Phi) is 4.02. The lowest BCUT2D eigenvalue weighted by atomic mass is 9.98. The number of nitrogens with zero attached hydrogens (tertiary/aromatic N) is 1. The third kappa shape index (κ3) is 2.78. The van der Waals surface area contributed by atoms with Crippen LogP contribution in [0.5, 0.6) is 0 Å². The standard InChI is InChI=1S/C16H14N2O2/c1-18-13-8-7-12(15(17)10-13)9-11-5-3-4-6-14(11)16(19)20-2/h3-8,10H,9,17H2,2H3. The molecule has 0 amide bonds. The molecule has 0 unspecified atom stereocenters. The van der Waals surface area contributed by atoms with E-state index in [1.807, 2.05) is 18.2 Å². The van der Waals surface area contributed by atoms with E-state index in [2.05, 4.69) is 4.85 Å². The summed E-state index contributed by atoms with van der Waals surface area (Å²) in [6.07, 6.45) is 0.523. The maximum absolute atomic E-state index is 11.7. The zero-order valence-corrected chi connectivity index (χ0v) is 11.1. The first-order chi connectivity index (χ1) is 9.65. The molecule has 0 aliphatic heterocycles. The van der Waals surface area contributed by atoms with Gasteiger partial charge >= 0.3 is 5.97 Å². The average molecular weight is 266 g/mol. The van der Waals surface area contributed by atoms with Crippen LogP contribution in [0.3, 0.4) is 0 Å². The molecular formula is C16H14N2O2. The molecule has 4 nitrogen and oxygen atoms in total. The van der Waals surface area contributed by atoms with Crippen molar-refractivity contribution in [2.75, 3.05) is 12.8 Å². The Morgan fingerprint density at radius 2 is 2.00 bits per heavy atom. The van der Waals surface area contributed by atoms with Crippen LogP contribution in [0.2, 0.25) is 0 Å². The highest BCUT2D eigenvalue weighted by atomic mass is 16.5. The molecule has 0 fully saturated rings. The highest BCUT2D eigenvalue weighted by Crippen LogP contribution is 2.24. The van der Waals surface area contributed by atoms with Gasteiger partial charge in [0.1, 0.15) is 0 Å². The van der Waals surface area contributed by atoms with E-state index in [1.165, 1.54) is 7.11 Å². The van der Waals surface area contributed by atoms with Gasteiger partial charge in [0.05, 0.1) is 19.2 Å². The third-order valence-electron chi connectivity index (χ3n) is 3.06. The molecule has 0 bridgehead atoms. The summed E-state index contributed by atoms with van der Waals surface area (Å²) in [6.45, 7) is 6.96. The number of carbonyl (C=O) groups is 1. The van der Waals surface area contributed by atoms with Gasteiger partial charge in [-0.05, 0) is 23.3 Å². The van der Waals surface area contributed by atoms with E-state index >= 15 is 0 Å². The molecule has 0 spiro atoms. The van der Waals surface area contributed by atoms with Crippen LogP contribution in [-0.2, 0) is 11.2 Å². The third-order valence-corrected chi connectivity index (χ3v) is 3.06. The van der Waals surface area contributed by atoms with Crippen molar-refractivity contribution in [3.05, 3.63) is 70.6 Å². The van der Waals surface area contributed by atoms with Crippen LogP contribution in [0.4, 0.5) is 11.4 Å². The highest BCUT2D eigenvalue weighted by Gasteiger charge is 2.12. The normalized spacial score (nSPS) is 9.80. The van der Waals surface area contributed by atoms with Gasteiger partial charge in [0.2, 0.25) is 0 Å². The maximum Gasteiger partial charge on any atom is 0.338 e. The van der Waals surface area contributed by atoms with Gasteiger partial charge in [-0.15, -0.1) is 0 Å². The number of ether oxygens (including phenoxy) is 1. The van der Waals surface area contributed by atoms with Crippen molar-refractivity contribution in [2.45, 2.75) is 6.42 Å². The summed E-state index contributed by atoms with van der Waals surface area (Å²) in [5.74, 6) is -0.364. The summed E-state index contributed by atoms with van der Waals surface area (Å²) in [4.78, 5) is 15.1. The second-order valence-corrected chi connectivity index (χ2v) is 4.32. The Morgan fingerprint density at radius 3 is 2.65 bits per heavy atom. The second-order valence-electron chi connectivity index (χ2n) is 4.32. The molecule has 0 saturated heterocycles. The number of anilines is 1. The van der Waals surface area contributed by atoms with Gasteiger partial charge in [-0.3, -0.25) is 0 Å². The monoisotopic (exact) mass is 266 g/mol. The molecule has 2 N–H and O–H groups in total. The van der Waals surface area contributed by atoms with E-state index in [-0.39, 0.29) is 5.97 Å². The van der Waals surface area contributed by atoms with Gasteiger partial charge in [0.15, 0.2) is 5.69 Å². The first kappa shape index (κ1) is 13.6. The van der Waals surface area contributed by atoms with E-state index in [0.717, 1.165) is 11.1 Å². The summed E-state index contributed by atoms with van der Waals surface area (Å²) in [6, 6.07) is 12.4. The summed E-state index contributed by atoms with van der Waals surface area (Å²) < 4.78 is 4.77.